The van der Waals surface area contributed by atoms with Crippen molar-refractivity contribution >= 4 is 11.9 Å². The average Bonchev–Trinajstić information content (AvgIpc) is 2.88. The number of hydrogen-bond donors (Lipinski definition) is 0. The van der Waals surface area contributed by atoms with Gasteiger partial charge in [0, 0.05) is 12.6 Å². The highest BCUT2D eigenvalue weighted by Crippen LogP contribution is 2.18. The van der Waals surface area contributed by atoms with Crippen molar-refractivity contribution in [1.82, 2.24) is 4.90 Å². The first-order valence-electron chi connectivity index (χ1n) is 6.71. The molecule has 0 bridgehead atoms. The summed E-state index contributed by atoms with van der Waals surface area (Å²) < 4.78 is 36.1. The van der Waals surface area contributed by atoms with Gasteiger partial charge < -0.3 is 14.1 Å². The Bertz CT molecular complexity index is 755. The number of hydrogen-bond acceptors (Lipinski definition) is 4. The summed E-state index contributed by atoms with van der Waals surface area (Å²) in [5.41, 5.74) is 0.291. The molecule has 0 saturated carbocycles. The lowest BCUT2D eigenvalue weighted by molar-refractivity contribution is 0.0598. The number of amides is 1. The topological polar surface area (TPSA) is 59.8 Å². The molecule has 1 amide bonds. The fourth-order valence-corrected chi connectivity index (χ4v) is 2.09. The van der Waals surface area contributed by atoms with E-state index in [9.17, 15) is 18.4 Å². The summed E-state index contributed by atoms with van der Waals surface area (Å²) in [6.07, 6.45) is 0. The Morgan fingerprint density at radius 1 is 1.22 bits per heavy atom. The minimum Gasteiger partial charge on any atom is -0.465 e. The fraction of sp³-hybridized carbons (Fsp3) is 0.250. The van der Waals surface area contributed by atoms with Crippen molar-refractivity contribution in [2.24, 2.45) is 0 Å². The number of esters is 1. The molecule has 0 N–H and O–H groups in total. The monoisotopic (exact) mass is 323 g/mol. The van der Waals surface area contributed by atoms with Crippen molar-refractivity contribution < 1.29 is 27.5 Å². The summed E-state index contributed by atoms with van der Waals surface area (Å²) in [6.45, 7) is 1.67. The molecule has 0 aliphatic heterocycles. The second kappa shape index (κ2) is 6.60. The smallest absolute Gasteiger partial charge is 0.341 e. The van der Waals surface area contributed by atoms with Crippen molar-refractivity contribution in [3.63, 3.8) is 0 Å². The highest BCUT2D eigenvalue weighted by molar-refractivity contribution is 5.94. The number of carbonyl (C=O) groups is 2. The predicted octanol–water partition coefficient (Wildman–Crippen LogP) is 2.93. The van der Waals surface area contributed by atoms with Crippen molar-refractivity contribution in [3.05, 3.63) is 58.5 Å². The van der Waals surface area contributed by atoms with Crippen LogP contribution in [0.2, 0.25) is 0 Å². The number of methoxy groups -OCH3 is 1. The van der Waals surface area contributed by atoms with Gasteiger partial charge in [-0.15, -0.1) is 0 Å². The quantitative estimate of drug-likeness (QED) is 0.812. The van der Waals surface area contributed by atoms with Gasteiger partial charge in [0.2, 0.25) is 0 Å². The summed E-state index contributed by atoms with van der Waals surface area (Å²) in [4.78, 5) is 25.0. The first-order valence-corrected chi connectivity index (χ1v) is 6.71. The van der Waals surface area contributed by atoms with Gasteiger partial charge >= 0.3 is 5.97 Å². The van der Waals surface area contributed by atoms with E-state index in [0.29, 0.717) is 11.5 Å². The van der Waals surface area contributed by atoms with E-state index >= 15 is 0 Å². The normalized spacial score (nSPS) is 10.5. The van der Waals surface area contributed by atoms with Gasteiger partial charge in [-0.25, -0.2) is 13.6 Å². The molecule has 1 heterocycles. The highest BCUT2D eigenvalue weighted by atomic mass is 19.2. The molecule has 0 aliphatic carbocycles. The SMILES string of the molecule is COC(=O)c1cc(CN(C)C(=O)c2ccc(F)c(F)c2)oc1C. The zero-order chi connectivity index (χ0) is 17.1. The second-order valence-electron chi connectivity index (χ2n) is 4.96. The van der Waals surface area contributed by atoms with Gasteiger partial charge in [0.15, 0.2) is 11.6 Å². The largest absolute Gasteiger partial charge is 0.465 e. The van der Waals surface area contributed by atoms with Crippen LogP contribution in [-0.4, -0.2) is 30.9 Å². The molecule has 2 aromatic rings. The van der Waals surface area contributed by atoms with Crippen molar-refractivity contribution in [3.8, 4) is 0 Å². The van der Waals surface area contributed by atoms with Crippen LogP contribution in [0, 0.1) is 18.6 Å². The molecule has 0 unspecified atom stereocenters. The maximum Gasteiger partial charge on any atom is 0.341 e. The first kappa shape index (κ1) is 16.7. The maximum atomic E-state index is 13.2. The highest BCUT2D eigenvalue weighted by Gasteiger charge is 2.19. The summed E-state index contributed by atoms with van der Waals surface area (Å²) >= 11 is 0. The number of furan rings is 1. The van der Waals surface area contributed by atoms with Gasteiger partial charge in [-0.2, -0.15) is 0 Å². The Kier molecular flexibility index (Phi) is 4.78. The van der Waals surface area contributed by atoms with E-state index in [4.69, 9.17) is 4.42 Å². The molecule has 1 aromatic heterocycles. The van der Waals surface area contributed by atoms with Gasteiger partial charge in [0.25, 0.3) is 5.91 Å². The summed E-state index contributed by atoms with van der Waals surface area (Å²) in [5.74, 6) is -2.40. The van der Waals surface area contributed by atoms with E-state index in [-0.39, 0.29) is 17.7 Å². The number of aryl methyl sites for hydroxylation is 1. The molecule has 0 spiro atoms. The Morgan fingerprint density at radius 2 is 1.91 bits per heavy atom. The number of benzene rings is 1. The van der Waals surface area contributed by atoms with Crippen molar-refractivity contribution in [2.75, 3.05) is 14.2 Å². The molecular formula is C16H15F2NO4. The Morgan fingerprint density at radius 3 is 2.52 bits per heavy atom. The van der Waals surface area contributed by atoms with Crippen molar-refractivity contribution in [2.45, 2.75) is 13.5 Å². The van der Waals surface area contributed by atoms with E-state index < -0.39 is 23.5 Å². The van der Waals surface area contributed by atoms with Crippen LogP contribution in [-0.2, 0) is 11.3 Å². The zero-order valence-electron chi connectivity index (χ0n) is 12.9. The summed E-state index contributed by atoms with van der Waals surface area (Å²) in [5, 5.41) is 0. The molecule has 0 radical (unpaired) electrons. The molecule has 0 fully saturated rings. The van der Waals surface area contributed by atoms with Crippen LogP contribution < -0.4 is 0 Å². The molecule has 1 aromatic carbocycles. The molecular weight excluding hydrogens is 308 g/mol. The Labute approximate surface area is 131 Å². The molecule has 5 nitrogen and oxygen atoms in total. The van der Waals surface area contributed by atoms with Crippen LogP contribution in [0.25, 0.3) is 0 Å². The summed E-state index contributed by atoms with van der Waals surface area (Å²) in [7, 11) is 2.74. The molecule has 23 heavy (non-hydrogen) atoms. The van der Waals surface area contributed by atoms with Gasteiger partial charge in [0.1, 0.15) is 17.1 Å². The molecule has 0 atom stereocenters. The first-order chi connectivity index (χ1) is 10.8. The van der Waals surface area contributed by atoms with Gasteiger partial charge in [0.05, 0.1) is 13.7 Å². The predicted molar refractivity (Wildman–Crippen MR) is 76.9 cm³/mol. The molecule has 2 rings (SSSR count). The number of carbonyl (C=O) groups excluding carboxylic acids is 2. The number of nitrogens with zero attached hydrogens (tertiary/aromatic N) is 1. The third-order valence-electron chi connectivity index (χ3n) is 3.28. The van der Waals surface area contributed by atoms with Gasteiger partial charge in [-0.3, -0.25) is 4.79 Å². The lowest BCUT2D eigenvalue weighted by Crippen LogP contribution is -2.26. The third-order valence-corrected chi connectivity index (χ3v) is 3.28. The van der Waals surface area contributed by atoms with Crippen LogP contribution in [0.5, 0.6) is 0 Å². The summed E-state index contributed by atoms with van der Waals surface area (Å²) in [6, 6.07) is 4.41. The fourth-order valence-electron chi connectivity index (χ4n) is 2.09. The molecule has 0 aliphatic rings. The second-order valence-corrected chi connectivity index (χ2v) is 4.96. The number of halogens is 2. The average molecular weight is 323 g/mol. The van der Waals surface area contributed by atoms with E-state index in [0.717, 1.165) is 12.1 Å². The minimum atomic E-state index is -1.09. The maximum absolute atomic E-state index is 13.2. The Hall–Kier alpha value is -2.70. The molecule has 0 saturated heterocycles. The van der Waals surface area contributed by atoms with Crippen LogP contribution in [0.4, 0.5) is 8.78 Å². The lowest BCUT2D eigenvalue weighted by atomic mass is 10.2. The lowest BCUT2D eigenvalue weighted by Gasteiger charge is -2.15. The third kappa shape index (κ3) is 3.56. The van der Waals surface area contributed by atoms with Crippen molar-refractivity contribution in [1.29, 1.82) is 0 Å². The molecule has 122 valence electrons. The van der Waals surface area contributed by atoms with Crippen LogP contribution in [0.1, 0.15) is 32.2 Å². The van der Waals surface area contributed by atoms with Gasteiger partial charge in [-0.05, 0) is 31.2 Å². The Balaban J connectivity index is 2.15. The van der Waals surface area contributed by atoms with E-state index in [1.807, 2.05) is 0 Å². The van der Waals surface area contributed by atoms with E-state index in [1.54, 1.807) is 6.92 Å². The standard InChI is InChI=1S/C16H15F2NO4/c1-9-12(16(21)22-3)7-11(23-9)8-19(2)15(20)10-4-5-13(17)14(18)6-10/h4-7H,8H2,1-3H3. The van der Waals surface area contributed by atoms with E-state index in [1.165, 1.54) is 31.2 Å². The molecule has 7 heteroatoms. The zero-order valence-corrected chi connectivity index (χ0v) is 12.9. The number of rotatable bonds is 4. The van der Waals surface area contributed by atoms with E-state index in [2.05, 4.69) is 4.74 Å². The number of ether oxygens (including phenoxy) is 1. The van der Waals surface area contributed by atoms with Gasteiger partial charge in [-0.1, -0.05) is 0 Å². The van der Waals surface area contributed by atoms with Crippen LogP contribution >= 0.6 is 0 Å². The van der Waals surface area contributed by atoms with Crippen LogP contribution in [0.15, 0.2) is 28.7 Å². The minimum absolute atomic E-state index is 0.0165. The van der Waals surface area contributed by atoms with Crippen LogP contribution in [0.3, 0.4) is 0 Å².